The van der Waals surface area contributed by atoms with Gasteiger partial charge in [0.1, 0.15) is 17.7 Å². The molecular weight excluding hydrogens is 261 g/mol. The SMILES string of the molecule is COC(=O)c1ccc(B(O)O)c(NC=C(C#N)C#N)c1. The van der Waals surface area contributed by atoms with Crippen molar-refractivity contribution in [3.63, 3.8) is 0 Å². The van der Waals surface area contributed by atoms with Crippen molar-refractivity contribution in [1.82, 2.24) is 0 Å². The maximum atomic E-state index is 11.4. The molecule has 3 N–H and O–H groups in total. The summed E-state index contributed by atoms with van der Waals surface area (Å²) < 4.78 is 4.55. The molecule has 0 amide bonds. The first-order valence-corrected chi connectivity index (χ1v) is 5.38. The van der Waals surface area contributed by atoms with Crippen molar-refractivity contribution in [1.29, 1.82) is 10.5 Å². The van der Waals surface area contributed by atoms with Gasteiger partial charge >= 0.3 is 13.1 Å². The predicted octanol–water partition coefficient (Wildman–Crippen LogP) is -0.504. The zero-order chi connectivity index (χ0) is 15.1. The molecule has 0 unspecified atom stereocenters. The minimum atomic E-state index is -1.77. The second kappa shape index (κ2) is 6.95. The van der Waals surface area contributed by atoms with Gasteiger partial charge in [0.25, 0.3) is 0 Å². The molecule has 100 valence electrons. The van der Waals surface area contributed by atoms with Crippen LogP contribution in [0.4, 0.5) is 5.69 Å². The van der Waals surface area contributed by atoms with Gasteiger partial charge in [-0.2, -0.15) is 10.5 Å². The van der Waals surface area contributed by atoms with Crippen LogP contribution in [0, 0.1) is 22.7 Å². The lowest BCUT2D eigenvalue weighted by Gasteiger charge is -2.10. The Morgan fingerprint density at radius 2 is 2.05 bits per heavy atom. The average Bonchev–Trinajstić information content (AvgIpc) is 2.47. The Bertz CT molecular complexity index is 613. The van der Waals surface area contributed by atoms with Gasteiger partial charge in [-0.25, -0.2) is 4.79 Å². The van der Waals surface area contributed by atoms with Gasteiger partial charge in [0.15, 0.2) is 0 Å². The molecule has 0 saturated heterocycles. The first kappa shape index (κ1) is 15.3. The Hall–Kier alpha value is -2.81. The van der Waals surface area contributed by atoms with Crippen molar-refractivity contribution >= 4 is 24.2 Å². The summed E-state index contributed by atoms with van der Waals surface area (Å²) in [6, 6.07) is 7.29. The fraction of sp³-hybridized carbons (Fsp3) is 0.0833. The Morgan fingerprint density at radius 1 is 1.40 bits per heavy atom. The van der Waals surface area contributed by atoms with E-state index in [1.54, 1.807) is 12.1 Å². The molecule has 0 atom stereocenters. The molecule has 0 spiro atoms. The number of allylic oxidation sites excluding steroid dienone is 1. The van der Waals surface area contributed by atoms with Gasteiger partial charge in [-0.3, -0.25) is 0 Å². The highest BCUT2D eigenvalue weighted by atomic mass is 16.5. The van der Waals surface area contributed by atoms with E-state index in [1.165, 1.54) is 25.3 Å². The molecule has 0 saturated carbocycles. The van der Waals surface area contributed by atoms with Gasteiger partial charge in [0.05, 0.1) is 12.7 Å². The van der Waals surface area contributed by atoms with Gasteiger partial charge in [-0.1, -0.05) is 6.07 Å². The maximum Gasteiger partial charge on any atom is 0.490 e. The number of benzene rings is 1. The molecule has 1 aromatic carbocycles. The van der Waals surface area contributed by atoms with Crippen molar-refractivity contribution in [3.8, 4) is 12.1 Å². The highest BCUT2D eigenvalue weighted by Crippen LogP contribution is 2.11. The maximum absolute atomic E-state index is 11.4. The van der Waals surface area contributed by atoms with E-state index in [9.17, 15) is 14.8 Å². The molecule has 0 aliphatic carbocycles. The van der Waals surface area contributed by atoms with Crippen LogP contribution in [0.2, 0.25) is 0 Å². The molecule has 0 aliphatic rings. The van der Waals surface area contributed by atoms with Gasteiger partial charge in [0.2, 0.25) is 0 Å². The summed E-state index contributed by atoms with van der Waals surface area (Å²) in [6.45, 7) is 0. The number of methoxy groups -OCH3 is 1. The van der Waals surface area contributed by atoms with Crippen LogP contribution < -0.4 is 10.8 Å². The molecule has 0 aliphatic heterocycles. The molecule has 0 radical (unpaired) electrons. The van der Waals surface area contributed by atoms with Crippen LogP contribution in [0.5, 0.6) is 0 Å². The standard InChI is InChI=1S/C12H10BN3O4/c1-20-12(17)9-2-3-10(13(18)19)11(4-9)16-7-8(5-14)6-15/h2-4,7,16,18-19H,1H3. The third-order valence-corrected chi connectivity index (χ3v) is 2.37. The van der Waals surface area contributed by atoms with Crippen LogP contribution in [0.15, 0.2) is 30.0 Å². The average molecular weight is 271 g/mol. The van der Waals surface area contributed by atoms with E-state index >= 15 is 0 Å². The molecule has 0 aromatic heterocycles. The number of rotatable bonds is 4. The lowest BCUT2D eigenvalue weighted by atomic mass is 9.78. The van der Waals surface area contributed by atoms with Crippen molar-refractivity contribution in [2.24, 2.45) is 0 Å². The van der Waals surface area contributed by atoms with Gasteiger partial charge in [-0.15, -0.1) is 0 Å². The van der Waals surface area contributed by atoms with E-state index in [0.29, 0.717) is 0 Å². The Labute approximate surface area is 115 Å². The van der Waals surface area contributed by atoms with Crippen LogP contribution in [0.25, 0.3) is 0 Å². The third-order valence-electron chi connectivity index (χ3n) is 2.37. The van der Waals surface area contributed by atoms with Gasteiger partial charge in [-0.05, 0) is 12.1 Å². The van der Waals surface area contributed by atoms with Crippen LogP contribution in [0.1, 0.15) is 10.4 Å². The molecule has 20 heavy (non-hydrogen) atoms. The fourth-order valence-electron chi connectivity index (χ4n) is 1.39. The van der Waals surface area contributed by atoms with Crippen molar-refractivity contribution in [2.75, 3.05) is 12.4 Å². The zero-order valence-electron chi connectivity index (χ0n) is 10.5. The molecule has 0 fully saturated rings. The minimum Gasteiger partial charge on any atom is -0.465 e. The summed E-state index contributed by atoms with van der Waals surface area (Å²) in [5.74, 6) is -0.600. The summed E-state index contributed by atoms with van der Waals surface area (Å²) in [6.07, 6.45) is 1.10. The predicted molar refractivity (Wildman–Crippen MR) is 70.5 cm³/mol. The summed E-state index contributed by atoms with van der Waals surface area (Å²) >= 11 is 0. The zero-order valence-corrected chi connectivity index (χ0v) is 10.5. The van der Waals surface area contributed by atoms with Crippen molar-refractivity contribution in [3.05, 3.63) is 35.5 Å². The molecule has 0 heterocycles. The number of nitrogens with one attached hydrogen (secondary N) is 1. The highest BCUT2D eigenvalue weighted by Gasteiger charge is 2.18. The Kier molecular flexibility index (Phi) is 5.30. The number of hydrogen-bond acceptors (Lipinski definition) is 7. The van der Waals surface area contributed by atoms with Gasteiger partial charge in [0, 0.05) is 17.4 Å². The van der Waals surface area contributed by atoms with E-state index in [2.05, 4.69) is 10.1 Å². The molecule has 7 nitrogen and oxygen atoms in total. The molecule has 1 aromatic rings. The monoisotopic (exact) mass is 271 g/mol. The lowest BCUT2D eigenvalue weighted by molar-refractivity contribution is 0.0601. The number of carbonyl (C=O) groups excluding carboxylic acids is 1. The van der Waals surface area contributed by atoms with E-state index < -0.39 is 13.1 Å². The normalized spacial score (nSPS) is 8.85. The second-order valence-electron chi connectivity index (χ2n) is 3.59. The quantitative estimate of drug-likeness (QED) is 0.382. The van der Waals surface area contributed by atoms with E-state index in [0.717, 1.165) is 6.20 Å². The van der Waals surface area contributed by atoms with Crippen molar-refractivity contribution in [2.45, 2.75) is 0 Å². The molecular formula is C12H10BN3O4. The number of ether oxygens (including phenoxy) is 1. The molecule has 1 rings (SSSR count). The first-order valence-electron chi connectivity index (χ1n) is 5.38. The van der Waals surface area contributed by atoms with Crippen LogP contribution in [0.3, 0.4) is 0 Å². The lowest BCUT2D eigenvalue weighted by Crippen LogP contribution is -2.32. The van der Waals surface area contributed by atoms with Crippen LogP contribution in [-0.4, -0.2) is 30.2 Å². The first-order chi connectivity index (χ1) is 9.53. The summed E-state index contributed by atoms with van der Waals surface area (Å²) in [7, 11) is -0.557. The minimum absolute atomic E-state index is 0.0872. The van der Waals surface area contributed by atoms with E-state index in [1.807, 2.05) is 0 Å². The summed E-state index contributed by atoms with van der Waals surface area (Å²) in [5.41, 5.74) is 0.241. The van der Waals surface area contributed by atoms with Crippen LogP contribution >= 0.6 is 0 Å². The molecule has 8 heteroatoms. The number of anilines is 1. The fourth-order valence-corrected chi connectivity index (χ4v) is 1.39. The van der Waals surface area contributed by atoms with E-state index in [4.69, 9.17) is 10.5 Å². The second-order valence-corrected chi connectivity index (χ2v) is 3.59. The number of carbonyl (C=O) groups is 1. The van der Waals surface area contributed by atoms with Crippen molar-refractivity contribution < 1.29 is 19.6 Å². The van der Waals surface area contributed by atoms with Gasteiger partial charge < -0.3 is 20.1 Å². The largest absolute Gasteiger partial charge is 0.490 e. The number of nitrogens with zero attached hydrogens (tertiary/aromatic N) is 2. The molecule has 0 bridgehead atoms. The number of hydrogen-bond donors (Lipinski definition) is 3. The highest BCUT2D eigenvalue weighted by molar-refractivity contribution is 6.60. The smallest absolute Gasteiger partial charge is 0.465 e. The van der Waals surface area contributed by atoms with E-state index in [-0.39, 0.29) is 22.3 Å². The summed E-state index contributed by atoms with van der Waals surface area (Å²) in [4.78, 5) is 11.4. The topological polar surface area (TPSA) is 126 Å². The Balaban J connectivity index is 3.20. The third kappa shape index (κ3) is 3.59. The number of nitriles is 2. The van der Waals surface area contributed by atoms with Crippen LogP contribution in [-0.2, 0) is 4.74 Å². The summed E-state index contributed by atoms with van der Waals surface area (Å²) in [5, 5.41) is 38.2. The number of esters is 1. The Morgan fingerprint density at radius 3 is 2.55 bits per heavy atom.